The molecule has 2 aromatic rings. The van der Waals surface area contributed by atoms with E-state index < -0.39 is 0 Å². The van der Waals surface area contributed by atoms with Crippen LogP contribution in [-0.2, 0) is 13.0 Å². The summed E-state index contributed by atoms with van der Waals surface area (Å²) in [7, 11) is 0. The molecule has 19 heavy (non-hydrogen) atoms. The van der Waals surface area contributed by atoms with Crippen LogP contribution in [0.25, 0.3) is 0 Å². The molecule has 0 aliphatic rings. The number of anilines is 1. The van der Waals surface area contributed by atoms with Gasteiger partial charge in [-0.3, -0.25) is 5.10 Å². The third kappa shape index (κ3) is 4.28. The SMILES string of the molecule is CC(C)(C)Cc1n[nH]c(COc2ccc(N)cc2)n1. The van der Waals surface area contributed by atoms with Crippen LogP contribution >= 0.6 is 0 Å². The van der Waals surface area contributed by atoms with E-state index in [1.807, 2.05) is 12.1 Å². The number of nitrogens with one attached hydrogen (secondary N) is 1. The van der Waals surface area contributed by atoms with E-state index in [-0.39, 0.29) is 5.41 Å². The monoisotopic (exact) mass is 260 g/mol. The van der Waals surface area contributed by atoms with Gasteiger partial charge in [0, 0.05) is 12.1 Å². The van der Waals surface area contributed by atoms with E-state index in [0.29, 0.717) is 6.61 Å². The zero-order valence-electron chi connectivity index (χ0n) is 11.6. The standard InChI is InChI=1S/C14H20N4O/c1-14(2,3)8-12-16-13(18-17-12)9-19-11-6-4-10(15)5-7-11/h4-7H,8-9,15H2,1-3H3,(H,16,17,18). The maximum atomic E-state index is 5.61. The number of H-pyrrole nitrogens is 1. The van der Waals surface area contributed by atoms with Crippen molar-refractivity contribution in [3.63, 3.8) is 0 Å². The molecule has 2 rings (SSSR count). The van der Waals surface area contributed by atoms with Crippen molar-refractivity contribution in [3.8, 4) is 5.75 Å². The largest absolute Gasteiger partial charge is 0.486 e. The number of hydrogen-bond acceptors (Lipinski definition) is 4. The van der Waals surface area contributed by atoms with Crippen LogP contribution in [0.3, 0.4) is 0 Å². The highest BCUT2D eigenvalue weighted by Crippen LogP contribution is 2.18. The molecule has 0 saturated heterocycles. The Kier molecular flexibility index (Phi) is 3.74. The smallest absolute Gasteiger partial charge is 0.162 e. The van der Waals surface area contributed by atoms with Gasteiger partial charge in [0.1, 0.15) is 12.4 Å². The quantitative estimate of drug-likeness (QED) is 0.828. The number of nitrogen functional groups attached to an aromatic ring is 1. The summed E-state index contributed by atoms with van der Waals surface area (Å²) < 4.78 is 5.60. The van der Waals surface area contributed by atoms with Crippen molar-refractivity contribution in [3.05, 3.63) is 35.9 Å². The first kappa shape index (κ1) is 13.4. The van der Waals surface area contributed by atoms with Crippen molar-refractivity contribution in [2.45, 2.75) is 33.8 Å². The lowest BCUT2D eigenvalue weighted by Gasteiger charge is -2.14. The highest BCUT2D eigenvalue weighted by molar-refractivity contribution is 5.41. The maximum absolute atomic E-state index is 5.61. The third-order valence-corrected chi connectivity index (χ3v) is 2.52. The predicted molar refractivity (Wildman–Crippen MR) is 74.7 cm³/mol. The summed E-state index contributed by atoms with van der Waals surface area (Å²) in [6.07, 6.45) is 0.839. The van der Waals surface area contributed by atoms with Crippen LogP contribution < -0.4 is 10.5 Å². The molecule has 1 aromatic heterocycles. The zero-order valence-corrected chi connectivity index (χ0v) is 11.6. The predicted octanol–water partition coefficient (Wildman–Crippen LogP) is 2.55. The molecular weight excluding hydrogens is 240 g/mol. The van der Waals surface area contributed by atoms with Gasteiger partial charge in [-0.25, -0.2) is 4.98 Å². The summed E-state index contributed by atoms with van der Waals surface area (Å²) in [6.45, 7) is 6.86. The summed E-state index contributed by atoms with van der Waals surface area (Å²) in [5.41, 5.74) is 6.51. The van der Waals surface area contributed by atoms with Gasteiger partial charge in [0.15, 0.2) is 11.6 Å². The number of nitrogens with zero attached hydrogens (tertiary/aromatic N) is 2. The van der Waals surface area contributed by atoms with Crippen molar-refractivity contribution in [1.82, 2.24) is 15.2 Å². The van der Waals surface area contributed by atoms with Crippen molar-refractivity contribution in [2.24, 2.45) is 5.41 Å². The van der Waals surface area contributed by atoms with E-state index in [9.17, 15) is 0 Å². The van der Waals surface area contributed by atoms with Crippen LogP contribution in [0.15, 0.2) is 24.3 Å². The molecule has 5 heteroatoms. The summed E-state index contributed by atoms with van der Waals surface area (Å²) in [6, 6.07) is 7.28. The minimum atomic E-state index is 0.178. The van der Waals surface area contributed by atoms with E-state index in [1.54, 1.807) is 12.1 Å². The Hall–Kier alpha value is -2.04. The molecule has 0 bridgehead atoms. The Balaban J connectivity index is 1.91. The summed E-state index contributed by atoms with van der Waals surface area (Å²) >= 11 is 0. The van der Waals surface area contributed by atoms with Gasteiger partial charge >= 0.3 is 0 Å². The number of ether oxygens (including phenoxy) is 1. The molecule has 0 aliphatic heterocycles. The fraction of sp³-hybridized carbons (Fsp3) is 0.429. The minimum absolute atomic E-state index is 0.178. The first-order valence-electron chi connectivity index (χ1n) is 6.31. The number of nitrogens with two attached hydrogens (primary N) is 1. The van der Waals surface area contributed by atoms with E-state index in [1.165, 1.54) is 0 Å². The number of aromatic nitrogens is 3. The molecule has 0 fully saturated rings. The van der Waals surface area contributed by atoms with Gasteiger partial charge in [0.05, 0.1) is 0 Å². The molecular formula is C14H20N4O. The normalized spacial score (nSPS) is 11.5. The topological polar surface area (TPSA) is 76.8 Å². The fourth-order valence-electron chi connectivity index (χ4n) is 1.67. The van der Waals surface area contributed by atoms with Crippen LogP contribution in [0.4, 0.5) is 5.69 Å². The van der Waals surface area contributed by atoms with E-state index in [4.69, 9.17) is 10.5 Å². The Bertz CT molecular complexity index is 525. The average Bonchev–Trinajstić information content (AvgIpc) is 2.73. The van der Waals surface area contributed by atoms with Gasteiger partial charge in [-0.15, -0.1) is 0 Å². The van der Waals surface area contributed by atoms with E-state index >= 15 is 0 Å². The Morgan fingerprint density at radius 3 is 2.53 bits per heavy atom. The van der Waals surface area contributed by atoms with Gasteiger partial charge in [0.25, 0.3) is 0 Å². The number of hydrogen-bond donors (Lipinski definition) is 2. The first-order chi connectivity index (χ1) is 8.92. The lowest BCUT2D eigenvalue weighted by atomic mass is 9.92. The van der Waals surface area contributed by atoms with Crippen molar-refractivity contribution in [2.75, 3.05) is 5.73 Å². The zero-order chi connectivity index (χ0) is 13.9. The van der Waals surface area contributed by atoms with Crippen LogP contribution in [0.2, 0.25) is 0 Å². The molecule has 5 nitrogen and oxygen atoms in total. The van der Waals surface area contributed by atoms with Crippen molar-refractivity contribution < 1.29 is 4.74 Å². The fourth-order valence-corrected chi connectivity index (χ4v) is 1.67. The second kappa shape index (κ2) is 5.30. The molecule has 3 N–H and O–H groups in total. The van der Waals surface area contributed by atoms with Crippen molar-refractivity contribution >= 4 is 5.69 Å². The van der Waals surface area contributed by atoms with Crippen LogP contribution in [-0.4, -0.2) is 15.2 Å². The third-order valence-electron chi connectivity index (χ3n) is 2.52. The molecule has 0 atom stereocenters. The Labute approximate surface area is 113 Å². The Morgan fingerprint density at radius 2 is 1.89 bits per heavy atom. The molecule has 0 amide bonds. The van der Waals surface area contributed by atoms with Gasteiger partial charge in [-0.05, 0) is 29.7 Å². The second-order valence-electron chi connectivity index (χ2n) is 5.79. The van der Waals surface area contributed by atoms with Gasteiger partial charge < -0.3 is 10.5 Å². The van der Waals surface area contributed by atoms with Crippen molar-refractivity contribution in [1.29, 1.82) is 0 Å². The molecule has 0 aliphatic carbocycles. The van der Waals surface area contributed by atoms with E-state index in [0.717, 1.165) is 29.5 Å². The number of benzene rings is 1. The van der Waals surface area contributed by atoms with Gasteiger partial charge in [-0.2, -0.15) is 5.10 Å². The first-order valence-corrected chi connectivity index (χ1v) is 6.31. The summed E-state index contributed by atoms with van der Waals surface area (Å²) in [4.78, 5) is 4.41. The van der Waals surface area contributed by atoms with Gasteiger partial charge in [0.2, 0.25) is 0 Å². The maximum Gasteiger partial charge on any atom is 0.162 e. The molecule has 0 saturated carbocycles. The van der Waals surface area contributed by atoms with Crippen LogP contribution in [0, 0.1) is 5.41 Å². The molecule has 0 radical (unpaired) electrons. The molecule has 1 heterocycles. The minimum Gasteiger partial charge on any atom is -0.486 e. The molecule has 0 spiro atoms. The van der Waals surface area contributed by atoms with E-state index in [2.05, 4.69) is 36.0 Å². The molecule has 1 aromatic carbocycles. The number of rotatable bonds is 4. The molecule has 0 unspecified atom stereocenters. The average molecular weight is 260 g/mol. The summed E-state index contributed by atoms with van der Waals surface area (Å²) in [5, 5.41) is 7.09. The van der Waals surface area contributed by atoms with Gasteiger partial charge in [-0.1, -0.05) is 20.8 Å². The highest BCUT2D eigenvalue weighted by atomic mass is 16.5. The highest BCUT2D eigenvalue weighted by Gasteiger charge is 2.15. The number of aromatic amines is 1. The lowest BCUT2D eigenvalue weighted by Crippen LogP contribution is -2.10. The van der Waals surface area contributed by atoms with Crippen LogP contribution in [0.5, 0.6) is 5.75 Å². The molecule has 102 valence electrons. The van der Waals surface area contributed by atoms with Crippen LogP contribution in [0.1, 0.15) is 32.4 Å². The Morgan fingerprint density at radius 1 is 1.21 bits per heavy atom. The summed E-state index contributed by atoms with van der Waals surface area (Å²) in [5.74, 6) is 2.32. The lowest BCUT2D eigenvalue weighted by molar-refractivity contribution is 0.296. The second-order valence-corrected chi connectivity index (χ2v) is 5.79.